The first-order valence-corrected chi connectivity index (χ1v) is 6.90. The van der Waals surface area contributed by atoms with E-state index in [0.717, 1.165) is 18.4 Å². The van der Waals surface area contributed by atoms with Crippen LogP contribution < -0.4 is 5.73 Å². The summed E-state index contributed by atoms with van der Waals surface area (Å²) in [5.41, 5.74) is 8.83. The lowest BCUT2D eigenvalue weighted by atomic mass is 9.67. The average Bonchev–Trinajstić information content (AvgIpc) is 2.49. The van der Waals surface area contributed by atoms with E-state index in [1.807, 2.05) is 12.4 Å². The van der Waals surface area contributed by atoms with Crippen molar-refractivity contribution in [3.63, 3.8) is 0 Å². The van der Waals surface area contributed by atoms with Crippen molar-refractivity contribution in [2.75, 3.05) is 0 Å². The van der Waals surface area contributed by atoms with Gasteiger partial charge in [-0.15, -0.1) is 0 Å². The number of aromatic nitrogens is 2. The third kappa shape index (κ3) is 2.26. The van der Waals surface area contributed by atoms with E-state index in [1.165, 1.54) is 18.4 Å². The zero-order valence-corrected chi connectivity index (χ0v) is 11.0. The Labute approximate surface area is 113 Å². The van der Waals surface area contributed by atoms with Crippen LogP contribution in [0.25, 0.3) is 0 Å². The van der Waals surface area contributed by atoms with E-state index >= 15 is 0 Å². The maximum atomic E-state index is 6.78. The van der Waals surface area contributed by atoms with Gasteiger partial charge in [-0.1, -0.05) is 43.2 Å². The summed E-state index contributed by atoms with van der Waals surface area (Å²) in [6.07, 6.45) is 9.85. The highest BCUT2D eigenvalue weighted by molar-refractivity contribution is 5.31. The van der Waals surface area contributed by atoms with Crippen LogP contribution in [0.3, 0.4) is 0 Å². The van der Waals surface area contributed by atoms with Crippen molar-refractivity contribution in [3.05, 3.63) is 60.2 Å². The molecule has 1 aliphatic carbocycles. The first-order chi connectivity index (χ1) is 9.31. The van der Waals surface area contributed by atoms with E-state index in [-0.39, 0.29) is 5.54 Å². The van der Waals surface area contributed by atoms with Gasteiger partial charge in [0.2, 0.25) is 0 Å². The summed E-state index contributed by atoms with van der Waals surface area (Å²) < 4.78 is 0. The van der Waals surface area contributed by atoms with E-state index < -0.39 is 0 Å². The van der Waals surface area contributed by atoms with Crippen molar-refractivity contribution < 1.29 is 0 Å². The van der Waals surface area contributed by atoms with Gasteiger partial charge in [0.15, 0.2) is 0 Å². The summed E-state index contributed by atoms with van der Waals surface area (Å²) in [6.45, 7) is 0. The van der Waals surface area contributed by atoms with Gasteiger partial charge in [-0.2, -0.15) is 0 Å². The van der Waals surface area contributed by atoms with Crippen LogP contribution in [0, 0.1) is 0 Å². The highest BCUT2D eigenvalue weighted by atomic mass is 14.8. The van der Waals surface area contributed by atoms with Crippen LogP contribution in [0.15, 0.2) is 49.1 Å². The maximum Gasteiger partial charge on any atom is 0.115 e. The molecule has 0 saturated heterocycles. The third-order valence-corrected chi connectivity index (χ3v) is 4.26. The minimum Gasteiger partial charge on any atom is -0.321 e. The molecule has 0 bridgehead atoms. The second kappa shape index (κ2) is 5.10. The largest absolute Gasteiger partial charge is 0.321 e. The third-order valence-electron chi connectivity index (χ3n) is 4.26. The zero-order chi connectivity index (χ0) is 13.1. The molecule has 1 heterocycles. The van der Waals surface area contributed by atoms with Gasteiger partial charge in [0.1, 0.15) is 6.33 Å². The Bertz CT molecular complexity index is 526. The van der Waals surface area contributed by atoms with Gasteiger partial charge in [0.25, 0.3) is 0 Å². The van der Waals surface area contributed by atoms with E-state index in [9.17, 15) is 0 Å². The molecule has 1 aromatic heterocycles. The molecule has 3 rings (SSSR count). The molecule has 1 aromatic carbocycles. The van der Waals surface area contributed by atoms with Gasteiger partial charge in [0.05, 0.1) is 5.54 Å². The van der Waals surface area contributed by atoms with Crippen LogP contribution >= 0.6 is 0 Å². The molecule has 0 radical (unpaired) electrons. The molecule has 3 nitrogen and oxygen atoms in total. The molecule has 1 saturated carbocycles. The predicted molar refractivity (Wildman–Crippen MR) is 75.5 cm³/mol. The summed E-state index contributed by atoms with van der Waals surface area (Å²) in [6, 6.07) is 10.6. The van der Waals surface area contributed by atoms with Crippen molar-refractivity contribution in [2.24, 2.45) is 5.73 Å². The first-order valence-electron chi connectivity index (χ1n) is 6.90. The minimum atomic E-state index is -0.332. The van der Waals surface area contributed by atoms with E-state index in [2.05, 4.69) is 40.3 Å². The van der Waals surface area contributed by atoms with Crippen molar-refractivity contribution >= 4 is 0 Å². The molecular formula is C16H19N3. The first kappa shape index (κ1) is 12.3. The van der Waals surface area contributed by atoms with Gasteiger partial charge >= 0.3 is 0 Å². The Kier molecular flexibility index (Phi) is 3.30. The molecule has 2 aromatic rings. The summed E-state index contributed by atoms with van der Waals surface area (Å²) >= 11 is 0. The fourth-order valence-electron chi connectivity index (χ4n) is 3.23. The van der Waals surface area contributed by atoms with Crippen LogP contribution in [0.2, 0.25) is 0 Å². The molecule has 3 heteroatoms. The molecule has 0 aliphatic heterocycles. The molecule has 0 amide bonds. The van der Waals surface area contributed by atoms with Crippen molar-refractivity contribution in [2.45, 2.75) is 37.1 Å². The summed E-state index contributed by atoms with van der Waals surface area (Å²) in [5.74, 6) is 0.355. The fraction of sp³-hybridized carbons (Fsp3) is 0.375. The van der Waals surface area contributed by atoms with Gasteiger partial charge in [-0.25, -0.2) is 9.97 Å². The maximum absolute atomic E-state index is 6.78. The zero-order valence-electron chi connectivity index (χ0n) is 11.0. The van der Waals surface area contributed by atoms with Gasteiger partial charge in [-0.05, 0) is 18.4 Å². The number of hydrogen-bond donors (Lipinski definition) is 1. The van der Waals surface area contributed by atoms with E-state index in [4.69, 9.17) is 5.73 Å². The summed E-state index contributed by atoms with van der Waals surface area (Å²) in [5, 5.41) is 0. The Morgan fingerprint density at radius 2 is 1.79 bits per heavy atom. The lowest BCUT2D eigenvalue weighted by molar-refractivity contribution is 0.253. The fourth-order valence-corrected chi connectivity index (χ4v) is 3.23. The van der Waals surface area contributed by atoms with Crippen LogP contribution in [0.5, 0.6) is 0 Å². The van der Waals surface area contributed by atoms with Crippen molar-refractivity contribution in [1.29, 1.82) is 0 Å². The molecule has 98 valence electrons. The molecule has 1 aliphatic rings. The number of rotatable bonds is 2. The highest BCUT2D eigenvalue weighted by Crippen LogP contribution is 2.45. The van der Waals surface area contributed by atoms with Gasteiger partial charge in [0, 0.05) is 23.9 Å². The Morgan fingerprint density at radius 1 is 1.05 bits per heavy atom. The Morgan fingerprint density at radius 3 is 2.53 bits per heavy atom. The van der Waals surface area contributed by atoms with Crippen LogP contribution in [-0.4, -0.2) is 9.97 Å². The normalized spacial score (nSPS) is 27.1. The smallest absolute Gasteiger partial charge is 0.115 e. The molecular weight excluding hydrogens is 234 g/mol. The quantitative estimate of drug-likeness (QED) is 0.895. The molecule has 0 spiro atoms. The topological polar surface area (TPSA) is 51.8 Å². The molecule has 2 unspecified atom stereocenters. The molecule has 2 atom stereocenters. The number of nitrogens with zero attached hydrogens (tertiary/aromatic N) is 2. The summed E-state index contributed by atoms with van der Waals surface area (Å²) in [7, 11) is 0. The SMILES string of the molecule is NC1(c2cncnc2)CCCCC1c1ccccc1. The Balaban J connectivity index is 2.02. The molecule has 2 N–H and O–H groups in total. The van der Waals surface area contributed by atoms with Crippen LogP contribution in [0.4, 0.5) is 0 Å². The van der Waals surface area contributed by atoms with Crippen LogP contribution in [0.1, 0.15) is 42.7 Å². The van der Waals surface area contributed by atoms with Crippen molar-refractivity contribution in [1.82, 2.24) is 9.97 Å². The standard InChI is InChI=1S/C16H19N3/c17-16(14-10-18-12-19-11-14)9-5-4-8-15(16)13-6-2-1-3-7-13/h1-3,6-7,10-12,15H,4-5,8-9,17H2. The number of nitrogens with two attached hydrogens (primary N) is 1. The molecule has 1 fully saturated rings. The minimum absolute atomic E-state index is 0.332. The van der Waals surface area contributed by atoms with Gasteiger partial charge in [-0.3, -0.25) is 0 Å². The second-order valence-corrected chi connectivity index (χ2v) is 5.38. The van der Waals surface area contributed by atoms with E-state index in [1.54, 1.807) is 6.33 Å². The second-order valence-electron chi connectivity index (χ2n) is 5.38. The lowest BCUT2D eigenvalue weighted by Crippen LogP contribution is -2.45. The monoisotopic (exact) mass is 253 g/mol. The van der Waals surface area contributed by atoms with Crippen LogP contribution in [-0.2, 0) is 5.54 Å². The summed E-state index contributed by atoms with van der Waals surface area (Å²) in [4.78, 5) is 8.28. The number of hydrogen-bond acceptors (Lipinski definition) is 3. The Hall–Kier alpha value is -1.74. The van der Waals surface area contributed by atoms with Gasteiger partial charge < -0.3 is 5.73 Å². The molecule has 19 heavy (non-hydrogen) atoms. The van der Waals surface area contributed by atoms with Crippen molar-refractivity contribution in [3.8, 4) is 0 Å². The average molecular weight is 253 g/mol. The number of benzene rings is 1. The lowest BCUT2D eigenvalue weighted by Gasteiger charge is -2.41. The van der Waals surface area contributed by atoms with E-state index in [0.29, 0.717) is 5.92 Å². The highest BCUT2D eigenvalue weighted by Gasteiger charge is 2.39. The predicted octanol–water partition coefficient (Wildman–Crippen LogP) is 2.99.